The second-order valence-electron chi connectivity index (χ2n) is 3.74. The number of benzene rings is 1. The number of hydrogen-bond donors (Lipinski definition) is 1. The fourth-order valence-electron chi connectivity index (χ4n) is 1.24. The first-order valence-electron chi connectivity index (χ1n) is 5.18. The van der Waals surface area contributed by atoms with Crippen LogP contribution >= 0.6 is 0 Å². The van der Waals surface area contributed by atoms with Crippen molar-refractivity contribution in [3.8, 4) is 0 Å². The van der Waals surface area contributed by atoms with Crippen LogP contribution in [-0.4, -0.2) is 6.54 Å². The summed E-state index contributed by atoms with van der Waals surface area (Å²) in [7, 11) is 0. The SMILES string of the molecule is CCC(C)CNCc1ccccc1F. The molecule has 0 aromatic heterocycles. The van der Waals surface area contributed by atoms with Gasteiger partial charge >= 0.3 is 0 Å². The molecule has 1 aromatic rings. The average molecular weight is 195 g/mol. The van der Waals surface area contributed by atoms with Crippen LogP contribution in [0, 0.1) is 11.7 Å². The normalized spacial score (nSPS) is 12.8. The number of nitrogens with one attached hydrogen (secondary N) is 1. The lowest BCUT2D eigenvalue weighted by Crippen LogP contribution is -2.20. The standard InChI is InChI=1S/C12H18FN/c1-3-10(2)8-14-9-11-6-4-5-7-12(11)13/h4-7,10,14H,3,8-9H2,1-2H3. The Labute approximate surface area is 85.3 Å². The molecule has 0 heterocycles. The maximum absolute atomic E-state index is 13.2. The van der Waals surface area contributed by atoms with Crippen molar-refractivity contribution in [2.24, 2.45) is 5.92 Å². The van der Waals surface area contributed by atoms with Crippen LogP contribution in [0.1, 0.15) is 25.8 Å². The van der Waals surface area contributed by atoms with E-state index in [1.165, 1.54) is 6.07 Å². The molecule has 0 saturated carbocycles. The Balaban J connectivity index is 2.35. The van der Waals surface area contributed by atoms with Crippen LogP contribution in [0.3, 0.4) is 0 Å². The Bertz CT molecular complexity index is 273. The summed E-state index contributed by atoms with van der Waals surface area (Å²) in [6.45, 7) is 5.92. The van der Waals surface area contributed by atoms with Crippen LogP contribution in [-0.2, 0) is 6.54 Å². The maximum atomic E-state index is 13.2. The first kappa shape index (κ1) is 11.2. The van der Waals surface area contributed by atoms with Gasteiger partial charge in [0.15, 0.2) is 0 Å². The maximum Gasteiger partial charge on any atom is 0.127 e. The lowest BCUT2D eigenvalue weighted by atomic mass is 10.1. The highest BCUT2D eigenvalue weighted by Crippen LogP contribution is 2.06. The average Bonchev–Trinajstić information content (AvgIpc) is 2.20. The Morgan fingerprint density at radius 2 is 2.07 bits per heavy atom. The predicted octanol–water partition coefficient (Wildman–Crippen LogP) is 2.96. The smallest absolute Gasteiger partial charge is 0.127 e. The molecule has 14 heavy (non-hydrogen) atoms. The van der Waals surface area contributed by atoms with Gasteiger partial charge in [-0.2, -0.15) is 0 Å². The minimum absolute atomic E-state index is 0.121. The molecule has 0 radical (unpaired) electrons. The van der Waals surface area contributed by atoms with Crippen LogP contribution in [0.5, 0.6) is 0 Å². The van der Waals surface area contributed by atoms with Gasteiger partial charge in [-0.1, -0.05) is 38.5 Å². The van der Waals surface area contributed by atoms with Gasteiger partial charge in [-0.05, 0) is 18.5 Å². The van der Waals surface area contributed by atoms with Crippen molar-refractivity contribution < 1.29 is 4.39 Å². The first-order valence-corrected chi connectivity index (χ1v) is 5.18. The summed E-state index contributed by atoms with van der Waals surface area (Å²) in [5.74, 6) is 0.533. The summed E-state index contributed by atoms with van der Waals surface area (Å²) in [6.07, 6.45) is 1.16. The van der Waals surface area contributed by atoms with Crippen molar-refractivity contribution in [2.75, 3.05) is 6.54 Å². The Morgan fingerprint density at radius 1 is 1.36 bits per heavy atom. The molecule has 0 spiro atoms. The zero-order valence-corrected chi connectivity index (χ0v) is 8.89. The van der Waals surface area contributed by atoms with Gasteiger partial charge in [0.2, 0.25) is 0 Å². The molecule has 78 valence electrons. The highest BCUT2D eigenvalue weighted by atomic mass is 19.1. The molecule has 0 aliphatic rings. The molecular formula is C12H18FN. The Morgan fingerprint density at radius 3 is 2.71 bits per heavy atom. The topological polar surface area (TPSA) is 12.0 Å². The van der Waals surface area contributed by atoms with Gasteiger partial charge in [0.05, 0.1) is 0 Å². The predicted molar refractivity (Wildman–Crippen MR) is 57.6 cm³/mol. The quantitative estimate of drug-likeness (QED) is 0.761. The molecule has 1 rings (SSSR count). The highest BCUT2D eigenvalue weighted by molar-refractivity contribution is 5.16. The summed E-state index contributed by atoms with van der Waals surface area (Å²) < 4.78 is 13.2. The number of hydrogen-bond acceptors (Lipinski definition) is 1. The van der Waals surface area contributed by atoms with Gasteiger partial charge in [0, 0.05) is 12.1 Å². The summed E-state index contributed by atoms with van der Waals surface area (Å²) in [4.78, 5) is 0. The summed E-state index contributed by atoms with van der Waals surface area (Å²) in [5.41, 5.74) is 0.746. The van der Waals surface area contributed by atoms with Gasteiger partial charge in [0.1, 0.15) is 5.82 Å². The molecule has 0 aliphatic heterocycles. The molecule has 0 bridgehead atoms. The van der Waals surface area contributed by atoms with E-state index in [9.17, 15) is 4.39 Å². The van der Waals surface area contributed by atoms with Crippen molar-refractivity contribution in [2.45, 2.75) is 26.8 Å². The van der Waals surface area contributed by atoms with Crippen LogP contribution in [0.15, 0.2) is 24.3 Å². The molecule has 0 saturated heterocycles. The third-order valence-corrected chi connectivity index (χ3v) is 2.46. The fourth-order valence-corrected chi connectivity index (χ4v) is 1.24. The molecule has 2 heteroatoms. The van der Waals surface area contributed by atoms with Gasteiger partial charge in [-0.25, -0.2) is 4.39 Å². The van der Waals surface area contributed by atoms with E-state index in [4.69, 9.17) is 0 Å². The largest absolute Gasteiger partial charge is 0.312 e. The van der Waals surface area contributed by atoms with Crippen molar-refractivity contribution in [3.63, 3.8) is 0 Å². The number of halogens is 1. The third-order valence-electron chi connectivity index (χ3n) is 2.46. The minimum Gasteiger partial charge on any atom is -0.312 e. The molecule has 1 atom stereocenters. The van der Waals surface area contributed by atoms with Crippen LogP contribution in [0.4, 0.5) is 4.39 Å². The van der Waals surface area contributed by atoms with Crippen molar-refractivity contribution in [1.29, 1.82) is 0 Å². The molecule has 0 fully saturated rings. The van der Waals surface area contributed by atoms with Crippen LogP contribution in [0.25, 0.3) is 0 Å². The van der Waals surface area contributed by atoms with E-state index in [1.54, 1.807) is 6.07 Å². The molecule has 0 amide bonds. The second kappa shape index (κ2) is 5.76. The minimum atomic E-state index is -0.121. The lowest BCUT2D eigenvalue weighted by Gasteiger charge is -2.10. The molecule has 0 aliphatic carbocycles. The first-order chi connectivity index (χ1) is 6.74. The summed E-state index contributed by atoms with van der Waals surface area (Å²) in [6, 6.07) is 6.90. The zero-order chi connectivity index (χ0) is 10.4. The van der Waals surface area contributed by atoms with Gasteiger partial charge in [-0.15, -0.1) is 0 Å². The van der Waals surface area contributed by atoms with E-state index in [1.807, 2.05) is 12.1 Å². The third kappa shape index (κ3) is 3.46. The van der Waals surface area contributed by atoms with E-state index in [0.717, 1.165) is 18.5 Å². The van der Waals surface area contributed by atoms with E-state index >= 15 is 0 Å². The van der Waals surface area contributed by atoms with E-state index in [2.05, 4.69) is 19.2 Å². The van der Waals surface area contributed by atoms with Crippen molar-refractivity contribution in [3.05, 3.63) is 35.6 Å². The molecule has 1 N–H and O–H groups in total. The Hall–Kier alpha value is -0.890. The molecule has 1 aromatic carbocycles. The van der Waals surface area contributed by atoms with Crippen molar-refractivity contribution >= 4 is 0 Å². The van der Waals surface area contributed by atoms with Crippen LogP contribution in [0.2, 0.25) is 0 Å². The van der Waals surface area contributed by atoms with Gasteiger partial charge in [-0.3, -0.25) is 0 Å². The lowest BCUT2D eigenvalue weighted by molar-refractivity contribution is 0.492. The van der Waals surface area contributed by atoms with E-state index in [-0.39, 0.29) is 5.82 Å². The molecule has 1 nitrogen and oxygen atoms in total. The van der Waals surface area contributed by atoms with E-state index < -0.39 is 0 Å². The highest BCUT2D eigenvalue weighted by Gasteiger charge is 2.01. The van der Waals surface area contributed by atoms with E-state index in [0.29, 0.717) is 12.5 Å². The summed E-state index contributed by atoms with van der Waals surface area (Å²) in [5, 5.41) is 3.25. The molecular weight excluding hydrogens is 177 g/mol. The second-order valence-corrected chi connectivity index (χ2v) is 3.74. The molecule has 1 unspecified atom stereocenters. The monoisotopic (exact) mass is 195 g/mol. The fraction of sp³-hybridized carbons (Fsp3) is 0.500. The van der Waals surface area contributed by atoms with Gasteiger partial charge < -0.3 is 5.32 Å². The van der Waals surface area contributed by atoms with Crippen LogP contribution < -0.4 is 5.32 Å². The number of rotatable bonds is 5. The summed E-state index contributed by atoms with van der Waals surface area (Å²) >= 11 is 0. The van der Waals surface area contributed by atoms with Crippen molar-refractivity contribution in [1.82, 2.24) is 5.32 Å². The Kier molecular flexibility index (Phi) is 4.60. The van der Waals surface area contributed by atoms with Gasteiger partial charge in [0.25, 0.3) is 0 Å². The zero-order valence-electron chi connectivity index (χ0n) is 8.89.